The summed E-state index contributed by atoms with van der Waals surface area (Å²) in [6.45, 7) is -0.409. The smallest absolute Gasteiger partial charge is 0.331 e. The normalized spacial score (nSPS) is 10.7. The minimum Gasteiger partial charge on any atom is -0.452 e. The quantitative estimate of drug-likeness (QED) is 0.428. The number of benzene rings is 2. The van der Waals surface area contributed by atoms with Crippen molar-refractivity contribution in [2.75, 3.05) is 18.2 Å². The minimum atomic E-state index is -0.605. The van der Waals surface area contributed by atoms with Crippen LogP contribution in [0.15, 0.2) is 53.4 Å². The molecule has 0 aromatic heterocycles. The molecule has 0 aliphatic heterocycles. The van der Waals surface area contributed by atoms with Gasteiger partial charge in [-0.3, -0.25) is 4.79 Å². The molecule has 0 aliphatic rings. The molecule has 1 N–H and O–H groups in total. The van der Waals surface area contributed by atoms with Crippen molar-refractivity contribution in [3.63, 3.8) is 0 Å². The maximum atomic E-state index is 11.8. The van der Waals surface area contributed by atoms with Gasteiger partial charge >= 0.3 is 5.97 Å². The maximum Gasteiger partial charge on any atom is 0.331 e. The summed E-state index contributed by atoms with van der Waals surface area (Å²) in [5.41, 5.74) is 1.27. The van der Waals surface area contributed by atoms with E-state index in [-0.39, 0.29) is 0 Å². The van der Waals surface area contributed by atoms with Crippen molar-refractivity contribution < 1.29 is 14.3 Å². The average molecular weight is 396 g/mol. The number of ether oxygens (including phenoxy) is 1. The van der Waals surface area contributed by atoms with E-state index in [0.29, 0.717) is 15.7 Å². The molecule has 0 radical (unpaired) electrons. The average Bonchev–Trinajstić information content (AvgIpc) is 2.61. The number of anilines is 1. The molecule has 2 rings (SSSR count). The van der Waals surface area contributed by atoms with Gasteiger partial charge < -0.3 is 10.1 Å². The number of carbonyl (C=O) groups excluding carboxylic acids is 2. The summed E-state index contributed by atoms with van der Waals surface area (Å²) in [5, 5.41) is 3.32. The Bertz CT molecular complexity index is 791. The lowest BCUT2D eigenvalue weighted by Gasteiger charge is -2.07. The molecular weight excluding hydrogens is 381 g/mol. The Morgan fingerprint density at radius 1 is 1.16 bits per heavy atom. The molecule has 0 saturated carbocycles. The zero-order valence-corrected chi connectivity index (χ0v) is 15.6. The minimum absolute atomic E-state index is 0.306. The van der Waals surface area contributed by atoms with E-state index in [1.807, 2.05) is 30.5 Å². The van der Waals surface area contributed by atoms with Crippen LogP contribution >= 0.6 is 35.0 Å². The lowest BCUT2D eigenvalue weighted by molar-refractivity contribution is -0.142. The number of rotatable bonds is 6. The van der Waals surface area contributed by atoms with E-state index in [2.05, 4.69) is 5.32 Å². The lowest BCUT2D eigenvalue weighted by Crippen LogP contribution is -2.20. The van der Waals surface area contributed by atoms with Crippen LogP contribution in [-0.4, -0.2) is 24.7 Å². The third kappa shape index (κ3) is 6.46. The molecule has 130 valence electrons. The molecule has 0 fully saturated rings. The number of halogens is 2. The first kappa shape index (κ1) is 19.4. The molecule has 0 unspecified atom stereocenters. The zero-order chi connectivity index (χ0) is 18.2. The predicted molar refractivity (Wildman–Crippen MR) is 103 cm³/mol. The van der Waals surface area contributed by atoms with E-state index in [0.717, 1.165) is 10.5 Å². The number of esters is 1. The van der Waals surface area contributed by atoms with Gasteiger partial charge in [0.25, 0.3) is 5.91 Å². The molecule has 0 bridgehead atoms. The van der Waals surface area contributed by atoms with Crippen LogP contribution in [0.5, 0.6) is 0 Å². The Labute approximate surface area is 160 Å². The molecule has 0 heterocycles. The fourth-order valence-corrected chi connectivity index (χ4v) is 2.71. The van der Waals surface area contributed by atoms with Crippen LogP contribution in [-0.2, 0) is 14.3 Å². The fraction of sp³-hybridized carbons (Fsp3) is 0.111. The Balaban J connectivity index is 1.82. The van der Waals surface area contributed by atoms with Crippen LogP contribution in [0, 0.1) is 0 Å². The molecule has 4 nitrogen and oxygen atoms in total. The Morgan fingerprint density at radius 2 is 1.88 bits per heavy atom. The summed E-state index contributed by atoms with van der Waals surface area (Å²) in [6, 6.07) is 12.4. The first-order valence-electron chi connectivity index (χ1n) is 7.22. The summed E-state index contributed by atoms with van der Waals surface area (Å²) in [6.07, 6.45) is 4.89. The number of amides is 1. The molecular formula is C18H15Cl2NO3S. The molecule has 25 heavy (non-hydrogen) atoms. The molecule has 1 amide bonds. The third-order valence-corrected chi connectivity index (χ3v) is 4.37. The summed E-state index contributed by atoms with van der Waals surface area (Å²) < 4.78 is 4.90. The molecule has 2 aromatic carbocycles. The van der Waals surface area contributed by atoms with Crippen LogP contribution < -0.4 is 5.32 Å². The lowest BCUT2D eigenvalue weighted by atomic mass is 10.2. The summed E-state index contributed by atoms with van der Waals surface area (Å²) in [4.78, 5) is 24.6. The van der Waals surface area contributed by atoms with Crippen molar-refractivity contribution in [3.05, 3.63) is 64.1 Å². The fourth-order valence-electron chi connectivity index (χ4n) is 1.84. The van der Waals surface area contributed by atoms with Crippen molar-refractivity contribution in [2.45, 2.75) is 4.90 Å². The maximum absolute atomic E-state index is 11.8. The molecule has 0 atom stereocenters. The third-order valence-electron chi connectivity index (χ3n) is 3.08. The van der Waals surface area contributed by atoms with Crippen LogP contribution in [0.4, 0.5) is 5.69 Å². The van der Waals surface area contributed by atoms with Crippen LogP contribution in [0.25, 0.3) is 6.08 Å². The van der Waals surface area contributed by atoms with Gasteiger partial charge in [-0.05, 0) is 48.2 Å². The molecule has 0 saturated heterocycles. The van der Waals surface area contributed by atoms with Gasteiger partial charge in [0, 0.05) is 16.0 Å². The summed E-state index contributed by atoms with van der Waals surface area (Å²) in [7, 11) is 0. The van der Waals surface area contributed by atoms with Crippen LogP contribution in [0.2, 0.25) is 10.0 Å². The first-order chi connectivity index (χ1) is 12.0. The highest BCUT2D eigenvalue weighted by Crippen LogP contribution is 2.25. The summed E-state index contributed by atoms with van der Waals surface area (Å²) in [5.74, 6) is -1.10. The van der Waals surface area contributed by atoms with E-state index in [4.69, 9.17) is 27.9 Å². The highest BCUT2D eigenvalue weighted by molar-refractivity contribution is 7.98. The van der Waals surface area contributed by atoms with Gasteiger partial charge in [-0.1, -0.05) is 35.3 Å². The standard InChI is InChI=1S/C18H15Cl2NO3S/c1-25-14-6-2-12(3-7-14)4-9-18(23)24-11-17(22)21-16-8-5-13(19)10-15(16)20/h2-10H,11H2,1H3,(H,21,22)/b9-4+. The number of carbonyl (C=O) groups is 2. The predicted octanol–water partition coefficient (Wildman–Crippen LogP) is 4.91. The second-order valence-electron chi connectivity index (χ2n) is 4.89. The van der Waals surface area contributed by atoms with Gasteiger partial charge in [-0.2, -0.15) is 0 Å². The summed E-state index contributed by atoms with van der Waals surface area (Å²) >= 11 is 13.4. The highest BCUT2D eigenvalue weighted by Gasteiger charge is 2.08. The Morgan fingerprint density at radius 3 is 2.52 bits per heavy atom. The van der Waals surface area contributed by atoms with Crippen molar-refractivity contribution >= 4 is 58.6 Å². The largest absolute Gasteiger partial charge is 0.452 e. The topological polar surface area (TPSA) is 55.4 Å². The van der Waals surface area contributed by atoms with Crippen molar-refractivity contribution in [1.29, 1.82) is 0 Å². The van der Waals surface area contributed by atoms with Gasteiger partial charge in [0.15, 0.2) is 6.61 Å². The number of nitrogens with one attached hydrogen (secondary N) is 1. The van der Waals surface area contributed by atoms with E-state index in [1.54, 1.807) is 30.0 Å². The molecule has 7 heteroatoms. The van der Waals surface area contributed by atoms with E-state index in [1.165, 1.54) is 12.1 Å². The number of thioether (sulfide) groups is 1. The Hall–Kier alpha value is -1.95. The highest BCUT2D eigenvalue weighted by atomic mass is 35.5. The number of hydrogen-bond acceptors (Lipinski definition) is 4. The van der Waals surface area contributed by atoms with Crippen molar-refractivity contribution in [3.8, 4) is 0 Å². The zero-order valence-electron chi connectivity index (χ0n) is 13.3. The second-order valence-corrected chi connectivity index (χ2v) is 6.61. The first-order valence-corrected chi connectivity index (χ1v) is 9.20. The monoisotopic (exact) mass is 395 g/mol. The van der Waals surface area contributed by atoms with Gasteiger partial charge in [-0.25, -0.2) is 4.79 Å². The van der Waals surface area contributed by atoms with Gasteiger partial charge in [-0.15, -0.1) is 11.8 Å². The van der Waals surface area contributed by atoms with E-state index in [9.17, 15) is 9.59 Å². The van der Waals surface area contributed by atoms with Gasteiger partial charge in [0.2, 0.25) is 0 Å². The molecule has 2 aromatic rings. The van der Waals surface area contributed by atoms with Gasteiger partial charge in [0.05, 0.1) is 10.7 Å². The van der Waals surface area contributed by atoms with Crippen LogP contribution in [0.3, 0.4) is 0 Å². The van der Waals surface area contributed by atoms with E-state index < -0.39 is 18.5 Å². The molecule has 0 spiro atoms. The SMILES string of the molecule is CSc1ccc(/C=C/C(=O)OCC(=O)Nc2ccc(Cl)cc2Cl)cc1. The Kier molecular flexibility index (Phi) is 7.37. The van der Waals surface area contributed by atoms with Crippen molar-refractivity contribution in [2.24, 2.45) is 0 Å². The van der Waals surface area contributed by atoms with Gasteiger partial charge in [0.1, 0.15) is 0 Å². The molecule has 0 aliphatic carbocycles. The van der Waals surface area contributed by atoms with Crippen molar-refractivity contribution in [1.82, 2.24) is 0 Å². The van der Waals surface area contributed by atoms with E-state index >= 15 is 0 Å². The van der Waals surface area contributed by atoms with Crippen LogP contribution in [0.1, 0.15) is 5.56 Å². The second kappa shape index (κ2) is 9.51. The number of hydrogen-bond donors (Lipinski definition) is 1.